The van der Waals surface area contributed by atoms with Crippen LogP contribution in [0.3, 0.4) is 0 Å². The fraction of sp³-hybridized carbons (Fsp3) is 0.0769. The summed E-state index contributed by atoms with van der Waals surface area (Å²) >= 11 is 3.47. The van der Waals surface area contributed by atoms with Crippen molar-refractivity contribution in [1.29, 1.82) is 0 Å². The van der Waals surface area contributed by atoms with Crippen LogP contribution in [0, 0.1) is 6.92 Å². The van der Waals surface area contributed by atoms with Gasteiger partial charge in [-0.05, 0) is 53.1 Å². The molecular formula is C13H11BrN4O. The van der Waals surface area contributed by atoms with Crippen molar-refractivity contribution in [2.75, 3.05) is 11.1 Å². The Morgan fingerprint density at radius 1 is 1.16 bits per heavy atom. The number of nitrogens with zero attached hydrogens (tertiary/aromatic N) is 2. The molecule has 0 aliphatic heterocycles. The first kappa shape index (κ1) is 12.0. The molecule has 5 nitrogen and oxygen atoms in total. The highest BCUT2D eigenvalue weighted by Gasteiger charge is 2.10. The SMILES string of the molecule is Cc1cc(Br)cc(Nc2ccc(N)c3nonc23)c1. The molecule has 0 spiro atoms. The summed E-state index contributed by atoms with van der Waals surface area (Å²) in [5.74, 6) is 0. The average molecular weight is 319 g/mol. The summed E-state index contributed by atoms with van der Waals surface area (Å²) in [7, 11) is 0. The van der Waals surface area contributed by atoms with Gasteiger partial charge in [0.15, 0.2) is 11.0 Å². The van der Waals surface area contributed by atoms with E-state index < -0.39 is 0 Å². The Morgan fingerprint density at radius 2 is 1.95 bits per heavy atom. The number of hydrogen-bond donors (Lipinski definition) is 2. The molecule has 0 amide bonds. The first-order chi connectivity index (χ1) is 9.13. The van der Waals surface area contributed by atoms with Crippen molar-refractivity contribution in [3.05, 3.63) is 40.4 Å². The summed E-state index contributed by atoms with van der Waals surface area (Å²) in [6.07, 6.45) is 0. The van der Waals surface area contributed by atoms with E-state index in [0.29, 0.717) is 16.7 Å². The smallest absolute Gasteiger partial charge is 0.160 e. The number of aromatic nitrogens is 2. The number of nitrogens with one attached hydrogen (secondary N) is 1. The first-order valence-electron chi connectivity index (χ1n) is 5.68. The van der Waals surface area contributed by atoms with E-state index >= 15 is 0 Å². The summed E-state index contributed by atoms with van der Waals surface area (Å²) in [6.45, 7) is 2.03. The number of rotatable bonds is 2. The zero-order chi connectivity index (χ0) is 13.4. The van der Waals surface area contributed by atoms with Crippen molar-refractivity contribution in [1.82, 2.24) is 10.3 Å². The van der Waals surface area contributed by atoms with Gasteiger partial charge in [0.05, 0.1) is 11.4 Å². The normalized spacial score (nSPS) is 10.8. The number of nitrogen functional groups attached to an aromatic ring is 1. The Morgan fingerprint density at radius 3 is 2.74 bits per heavy atom. The molecule has 0 aliphatic carbocycles. The Labute approximate surface area is 117 Å². The van der Waals surface area contributed by atoms with E-state index in [9.17, 15) is 0 Å². The Bertz CT molecular complexity index is 733. The maximum absolute atomic E-state index is 5.81. The van der Waals surface area contributed by atoms with E-state index in [1.807, 2.05) is 31.2 Å². The van der Waals surface area contributed by atoms with Gasteiger partial charge in [0.2, 0.25) is 0 Å². The second-order valence-electron chi connectivity index (χ2n) is 4.31. The summed E-state index contributed by atoms with van der Waals surface area (Å²) in [4.78, 5) is 0. The Kier molecular flexibility index (Phi) is 2.87. The van der Waals surface area contributed by atoms with Gasteiger partial charge in [0, 0.05) is 10.2 Å². The second-order valence-corrected chi connectivity index (χ2v) is 5.22. The summed E-state index contributed by atoms with van der Waals surface area (Å²) in [6, 6.07) is 9.71. The Balaban J connectivity index is 2.06. The molecular weight excluding hydrogens is 308 g/mol. The molecule has 6 heteroatoms. The summed E-state index contributed by atoms with van der Waals surface area (Å²) in [5, 5.41) is 11.0. The van der Waals surface area contributed by atoms with Gasteiger partial charge in [-0.15, -0.1) is 0 Å². The molecule has 3 N–H and O–H groups in total. The molecule has 0 saturated carbocycles. The summed E-state index contributed by atoms with van der Waals surface area (Å²) in [5.41, 5.74) is 10.5. The van der Waals surface area contributed by atoms with Crippen molar-refractivity contribution in [3.8, 4) is 0 Å². The van der Waals surface area contributed by atoms with Crippen molar-refractivity contribution >= 4 is 44.0 Å². The summed E-state index contributed by atoms with van der Waals surface area (Å²) < 4.78 is 5.76. The quantitative estimate of drug-likeness (QED) is 0.706. The van der Waals surface area contributed by atoms with Crippen LogP contribution >= 0.6 is 15.9 Å². The minimum atomic E-state index is 0.548. The third kappa shape index (κ3) is 2.26. The van der Waals surface area contributed by atoms with E-state index in [2.05, 4.69) is 31.6 Å². The highest BCUT2D eigenvalue weighted by atomic mass is 79.9. The monoisotopic (exact) mass is 318 g/mol. The minimum absolute atomic E-state index is 0.548. The van der Waals surface area contributed by atoms with Crippen LogP contribution in [0.4, 0.5) is 17.1 Å². The van der Waals surface area contributed by atoms with Crippen molar-refractivity contribution in [2.45, 2.75) is 6.92 Å². The van der Waals surface area contributed by atoms with Gasteiger partial charge in [-0.25, -0.2) is 4.63 Å². The van der Waals surface area contributed by atoms with Gasteiger partial charge < -0.3 is 11.1 Å². The van der Waals surface area contributed by atoms with E-state index in [4.69, 9.17) is 10.4 Å². The van der Waals surface area contributed by atoms with Crippen molar-refractivity contribution < 1.29 is 4.63 Å². The van der Waals surface area contributed by atoms with E-state index in [1.54, 1.807) is 6.07 Å². The standard InChI is InChI=1S/C13H11BrN4O/c1-7-4-8(14)6-9(5-7)16-11-3-2-10(15)12-13(11)18-19-17-12/h2-6,16H,15H2,1H3. The number of halogens is 1. The molecule has 0 atom stereocenters. The van der Waals surface area contributed by atoms with Crippen LogP contribution in [0.1, 0.15) is 5.56 Å². The molecule has 19 heavy (non-hydrogen) atoms. The highest BCUT2D eigenvalue weighted by molar-refractivity contribution is 9.10. The predicted molar refractivity (Wildman–Crippen MR) is 78.4 cm³/mol. The molecule has 2 aromatic carbocycles. The van der Waals surface area contributed by atoms with Crippen LogP contribution < -0.4 is 11.1 Å². The number of benzene rings is 2. The number of fused-ring (bicyclic) bond motifs is 1. The third-order valence-electron chi connectivity index (χ3n) is 2.77. The van der Waals surface area contributed by atoms with Crippen molar-refractivity contribution in [3.63, 3.8) is 0 Å². The Hall–Kier alpha value is -2.08. The molecule has 1 heterocycles. The molecule has 0 radical (unpaired) electrons. The lowest BCUT2D eigenvalue weighted by atomic mass is 10.2. The number of nitrogens with two attached hydrogens (primary N) is 1. The largest absolute Gasteiger partial charge is 0.397 e. The van der Waals surface area contributed by atoms with Gasteiger partial charge in [0.25, 0.3) is 0 Å². The molecule has 96 valence electrons. The van der Waals surface area contributed by atoms with Crippen molar-refractivity contribution in [2.24, 2.45) is 0 Å². The first-order valence-corrected chi connectivity index (χ1v) is 6.48. The fourth-order valence-electron chi connectivity index (χ4n) is 1.95. The molecule has 0 saturated heterocycles. The predicted octanol–water partition coefficient (Wildman–Crippen LogP) is 3.62. The maximum atomic E-state index is 5.81. The topological polar surface area (TPSA) is 77.0 Å². The van der Waals surface area contributed by atoms with E-state index in [-0.39, 0.29) is 0 Å². The molecule has 0 unspecified atom stereocenters. The fourth-order valence-corrected chi connectivity index (χ4v) is 2.56. The zero-order valence-corrected chi connectivity index (χ0v) is 11.7. The van der Waals surface area contributed by atoms with E-state index in [1.165, 1.54) is 0 Å². The van der Waals surface area contributed by atoms with Crippen LogP contribution in [0.2, 0.25) is 0 Å². The number of hydrogen-bond acceptors (Lipinski definition) is 5. The van der Waals surface area contributed by atoms with Crippen LogP contribution in [0.25, 0.3) is 11.0 Å². The molecule has 3 aromatic rings. The van der Waals surface area contributed by atoms with Crippen LogP contribution in [-0.4, -0.2) is 10.3 Å². The van der Waals surface area contributed by atoms with Gasteiger partial charge in [-0.2, -0.15) is 0 Å². The molecule has 3 rings (SSSR count). The second kappa shape index (κ2) is 4.55. The van der Waals surface area contributed by atoms with Crippen LogP contribution in [-0.2, 0) is 0 Å². The third-order valence-corrected chi connectivity index (χ3v) is 3.23. The van der Waals surface area contributed by atoms with Crippen LogP contribution in [0.5, 0.6) is 0 Å². The molecule has 0 fully saturated rings. The molecule has 0 bridgehead atoms. The maximum Gasteiger partial charge on any atom is 0.160 e. The lowest BCUT2D eigenvalue weighted by molar-refractivity contribution is 0.316. The molecule has 0 aliphatic rings. The van der Waals surface area contributed by atoms with Gasteiger partial charge >= 0.3 is 0 Å². The molecule has 1 aromatic heterocycles. The van der Waals surface area contributed by atoms with E-state index in [0.717, 1.165) is 21.4 Å². The zero-order valence-electron chi connectivity index (χ0n) is 10.1. The lowest BCUT2D eigenvalue weighted by Crippen LogP contribution is -1.94. The van der Waals surface area contributed by atoms with Crippen LogP contribution in [0.15, 0.2) is 39.4 Å². The number of anilines is 3. The lowest BCUT2D eigenvalue weighted by Gasteiger charge is -2.08. The van der Waals surface area contributed by atoms with Gasteiger partial charge in [-0.1, -0.05) is 15.9 Å². The minimum Gasteiger partial charge on any atom is -0.397 e. The average Bonchev–Trinajstić information content (AvgIpc) is 2.81. The highest BCUT2D eigenvalue weighted by Crippen LogP contribution is 2.29. The van der Waals surface area contributed by atoms with Gasteiger partial charge in [-0.3, -0.25) is 0 Å². The number of aryl methyl sites for hydroxylation is 1. The van der Waals surface area contributed by atoms with Gasteiger partial charge in [0.1, 0.15) is 0 Å².